The van der Waals surface area contributed by atoms with E-state index in [0.717, 1.165) is 6.20 Å². The van der Waals surface area contributed by atoms with Gasteiger partial charge in [0.15, 0.2) is 0 Å². The first-order valence-electron chi connectivity index (χ1n) is 10.7. The fourth-order valence-corrected chi connectivity index (χ4v) is 4.39. The number of rotatable bonds is 8. The minimum Gasteiger partial charge on any atom is -0.497 e. The molecule has 0 fully saturated rings. The van der Waals surface area contributed by atoms with Crippen molar-refractivity contribution in [2.45, 2.75) is 10.9 Å². The molecule has 8 nitrogen and oxygen atoms in total. The molecule has 2 N–H and O–H groups in total. The van der Waals surface area contributed by atoms with Gasteiger partial charge in [0.05, 0.1) is 12.7 Å². The van der Waals surface area contributed by atoms with Crippen LogP contribution in [0.2, 0.25) is 0 Å². The second kappa shape index (κ2) is 10.6. The lowest BCUT2D eigenvalue weighted by Crippen LogP contribution is -2.39. The summed E-state index contributed by atoms with van der Waals surface area (Å²) in [4.78, 5) is 44.2. The number of anilines is 1. The van der Waals surface area contributed by atoms with Gasteiger partial charge in [-0.2, -0.15) is 0 Å². The van der Waals surface area contributed by atoms with Crippen molar-refractivity contribution in [1.29, 1.82) is 0 Å². The van der Waals surface area contributed by atoms with E-state index in [-0.39, 0.29) is 11.3 Å². The normalized spacial score (nSPS) is 12.4. The largest absolute Gasteiger partial charge is 0.497 e. The minimum absolute atomic E-state index is 0.0290. The maximum atomic E-state index is 13.4. The van der Waals surface area contributed by atoms with Crippen LogP contribution in [-0.4, -0.2) is 65.7 Å². The first kappa shape index (κ1) is 25.8. The number of likely N-dealkylation sites (N-methyl/N-ethyl adjacent to an activating group) is 1. The summed E-state index contributed by atoms with van der Waals surface area (Å²) in [5, 5.41) is 12.0. The molecule has 184 valence electrons. The van der Waals surface area contributed by atoms with Gasteiger partial charge in [-0.1, -0.05) is 12.1 Å². The second-order valence-electron chi connectivity index (χ2n) is 8.68. The topological polar surface area (TPSA) is 109 Å². The maximum absolute atomic E-state index is 13.4. The van der Waals surface area contributed by atoms with Gasteiger partial charge in [0, 0.05) is 18.9 Å². The molecule has 0 saturated carbocycles. The van der Waals surface area contributed by atoms with E-state index in [0.29, 0.717) is 17.0 Å². The van der Waals surface area contributed by atoms with E-state index in [1.165, 1.54) is 29.0 Å². The Hall–Kier alpha value is -3.85. The van der Waals surface area contributed by atoms with Gasteiger partial charge in [-0.15, -0.1) is 0 Å². The van der Waals surface area contributed by atoms with Crippen LogP contribution in [0.4, 0.5) is 5.69 Å². The van der Waals surface area contributed by atoms with Crippen LogP contribution in [0.5, 0.6) is 5.75 Å². The molecule has 0 aliphatic heterocycles. The Kier molecular flexibility index (Phi) is 7.81. The standard InChI is InChI=1S/C26H29N3O5S/c1-29(25(31)22-15-8-18(16-27-22)26(32)33)23(17-6-11-20(34-2)12-7-17)24(30)28-19-9-13-21(14-10-19)35(3,4)5/h6-16,23H,1-5H3,(H,28,30)(H,32,33). The summed E-state index contributed by atoms with van der Waals surface area (Å²) in [6, 6.07) is 16.2. The minimum atomic E-state index is -1.14. The van der Waals surface area contributed by atoms with Gasteiger partial charge in [-0.05, 0) is 77.8 Å². The van der Waals surface area contributed by atoms with Crippen LogP contribution in [-0.2, 0) is 4.79 Å². The van der Waals surface area contributed by atoms with Gasteiger partial charge < -0.3 is 20.1 Å². The highest BCUT2D eigenvalue weighted by atomic mass is 32.3. The van der Waals surface area contributed by atoms with Crippen LogP contribution in [0.25, 0.3) is 0 Å². The Balaban J connectivity index is 1.91. The van der Waals surface area contributed by atoms with E-state index in [9.17, 15) is 14.4 Å². The van der Waals surface area contributed by atoms with Gasteiger partial charge in [0.2, 0.25) is 0 Å². The van der Waals surface area contributed by atoms with Gasteiger partial charge in [0.1, 0.15) is 17.5 Å². The zero-order chi connectivity index (χ0) is 25.8. The van der Waals surface area contributed by atoms with Crippen LogP contribution < -0.4 is 10.1 Å². The molecular weight excluding hydrogens is 466 g/mol. The average molecular weight is 496 g/mol. The van der Waals surface area contributed by atoms with Crippen LogP contribution in [0.3, 0.4) is 0 Å². The number of carbonyl (C=O) groups excluding carboxylic acids is 2. The predicted molar refractivity (Wildman–Crippen MR) is 138 cm³/mol. The number of nitrogens with one attached hydrogen (secondary N) is 1. The zero-order valence-corrected chi connectivity index (χ0v) is 21.1. The molecule has 1 heterocycles. The molecule has 9 heteroatoms. The number of aromatic carboxylic acids is 1. The van der Waals surface area contributed by atoms with Gasteiger partial charge >= 0.3 is 5.97 Å². The van der Waals surface area contributed by atoms with Crippen LogP contribution in [0, 0.1) is 0 Å². The molecule has 35 heavy (non-hydrogen) atoms. The Morgan fingerprint density at radius 2 is 1.60 bits per heavy atom. The third-order valence-electron chi connectivity index (χ3n) is 5.45. The van der Waals surface area contributed by atoms with E-state index in [4.69, 9.17) is 9.84 Å². The molecule has 1 atom stereocenters. The van der Waals surface area contributed by atoms with E-state index in [1.807, 2.05) is 24.3 Å². The number of hydrogen-bond acceptors (Lipinski definition) is 5. The highest BCUT2D eigenvalue weighted by molar-refractivity contribution is 8.32. The Bertz CT molecular complexity index is 1200. The van der Waals surface area contributed by atoms with Crippen LogP contribution >= 0.6 is 10.0 Å². The summed E-state index contributed by atoms with van der Waals surface area (Å²) in [6.07, 6.45) is 7.69. The van der Waals surface area contributed by atoms with Gasteiger partial charge in [-0.3, -0.25) is 14.6 Å². The molecule has 2 aromatic carbocycles. The third-order valence-corrected chi connectivity index (χ3v) is 7.13. The van der Waals surface area contributed by atoms with Gasteiger partial charge in [-0.25, -0.2) is 14.8 Å². The number of carbonyl (C=O) groups is 3. The SMILES string of the molecule is COc1ccc(C(C(=O)Nc2ccc(S(C)(C)C)cc2)N(C)C(=O)c2ccc(C(=O)O)cn2)cc1. The van der Waals surface area contributed by atoms with E-state index >= 15 is 0 Å². The molecule has 0 aliphatic carbocycles. The van der Waals surface area contributed by atoms with E-state index in [1.54, 1.807) is 31.4 Å². The van der Waals surface area contributed by atoms with Crippen molar-refractivity contribution in [3.63, 3.8) is 0 Å². The van der Waals surface area contributed by atoms with Crippen molar-refractivity contribution < 1.29 is 24.2 Å². The molecule has 0 spiro atoms. The maximum Gasteiger partial charge on any atom is 0.337 e. The molecule has 0 bridgehead atoms. The number of amides is 2. The number of pyridine rings is 1. The van der Waals surface area contributed by atoms with Crippen molar-refractivity contribution in [2.24, 2.45) is 0 Å². The molecule has 0 aliphatic rings. The lowest BCUT2D eigenvalue weighted by molar-refractivity contribution is -0.120. The summed E-state index contributed by atoms with van der Waals surface area (Å²) >= 11 is 0. The molecular formula is C26H29N3O5S. The van der Waals surface area contributed by atoms with Crippen molar-refractivity contribution in [3.8, 4) is 5.75 Å². The molecule has 1 aromatic heterocycles. The molecule has 0 radical (unpaired) electrons. The highest BCUT2D eigenvalue weighted by Crippen LogP contribution is 2.45. The van der Waals surface area contributed by atoms with Crippen LogP contribution in [0.15, 0.2) is 71.8 Å². The molecule has 0 saturated heterocycles. The fraction of sp³-hybridized carbons (Fsp3) is 0.231. The van der Waals surface area contributed by atoms with Crippen molar-refractivity contribution in [3.05, 3.63) is 83.7 Å². The van der Waals surface area contributed by atoms with Crippen molar-refractivity contribution >= 4 is 33.5 Å². The highest BCUT2D eigenvalue weighted by Gasteiger charge is 2.30. The Labute approximate surface area is 206 Å². The molecule has 3 rings (SSSR count). The van der Waals surface area contributed by atoms with E-state index < -0.39 is 33.9 Å². The Morgan fingerprint density at radius 1 is 0.971 bits per heavy atom. The number of carboxylic acids is 1. The molecule has 3 aromatic rings. The average Bonchev–Trinajstić information content (AvgIpc) is 2.84. The number of ether oxygens (including phenoxy) is 1. The summed E-state index contributed by atoms with van der Waals surface area (Å²) in [5.74, 6) is -1.44. The number of aromatic nitrogens is 1. The third kappa shape index (κ3) is 6.19. The fourth-order valence-electron chi connectivity index (χ4n) is 3.44. The Morgan fingerprint density at radius 3 is 2.09 bits per heavy atom. The monoisotopic (exact) mass is 495 g/mol. The summed E-state index contributed by atoms with van der Waals surface area (Å²) < 4.78 is 5.21. The zero-order valence-electron chi connectivity index (χ0n) is 20.3. The van der Waals surface area contributed by atoms with Gasteiger partial charge in [0.25, 0.3) is 11.8 Å². The van der Waals surface area contributed by atoms with E-state index in [2.05, 4.69) is 29.1 Å². The molecule has 2 amide bonds. The number of carboxylic acid groups (broad SMARTS) is 1. The molecule has 1 unspecified atom stereocenters. The summed E-state index contributed by atoms with van der Waals surface area (Å²) in [6.45, 7) is 0. The lowest BCUT2D eigenvalue weighted by atomic mass is 10.0. The number of benzene rings is 2. The van der Waals surface area contributed by atoms with Crippen molar-refractivity contribution in [2.75, 3.05) is 38.2 Å². The predicted octanol–water partition coefficient (Wildman–Crippen LogP) is 4.29. The second-order valence-corrected chi connectivity index (χ2v) is 12.8. The number of methoxy groups -OCH3 is 1. The smallest absolute Gasteiger partial charge is 0.337 e. The quantitative estimate of drug-likeness (QED) is 0.483. The lowest BCUT2D eigenvalue weighted by Gasteiger charge is -2.28. The summed E-state index contributed by atoms with van der Waals surface area (Å²) in [7, 11) is 2.16. The number of hydrogen-bond donors (Lipinski definition) is 2. The first-order chi connectivity index (χ1) is 16.5. The van der Waals surface area contributed by atoms with Crippen LogP contribution in [0.1, 0.15) is 32.5 Å². The first-order valence-corrected chi connectivity index (χ1v) is 13.6. The van der Waals surface area contributed by atoms with Crippen molar-refractivity contribution in [1.82, 2.24) is 9.88 Å². The number of nitrogens with zero attached hydrogens (tertiary/aromatic N) is 2. The summed E-state index contributed by atoms with van der Waals surface area (Å²) in [5.41, 5.74) is 1.19.